The van der Waals surface area contributed by atoms with E-state index in [2.05, 4.69) is 16.4 Å². The van der Waals surface area contributed by atoms with Gasteiger partial charge in [0, 0.05) is 13.7 Å². The Bertz CT molecular complexity index is 403. The molecule has 0 bridgehead atoms. The topological polar surface area (TPSA) is 63.7 Å². The summed E-state index contributed by atoms with van der Waals surface area (Å²) in [6.45, 7) is 2.87. The van der Waals surface area contributed by atoms with Crippen LogP contribution in [0.5, 0.6) is 0 Å². The monoisotopic (exact) mass is 220 g/mol. The van der Waals surface area contributed by atoms with Crippen LogP contribution in [0.2, 0.25) is 0 Å². The number of aromatic nitrogens is 3. The first-order valence-electron chi connectivity index (χ1n) is 5.58. The van der Waals surface area contributed by atoms with E-state index in [0.717, 1.165) is 23.9 Å². The maximum absolute atomic E-state index is 8.73. The van der Waals surface area contributed by atoms with E-state index in [9.17, 15) is 0 Å². The Morgan fingerprint density at radius 2 is 2.38 bits per heavy atom. The molecule has 1 atom stereocenters. The minimum Gasteiger partial charge on any atom is -0.375 e. The molecular weight excluding hydrogens is 204 g/mol. The fourth-order valence-electron chi connectivity index (χ4n) is 1.79. The molecule has 0 radical (unpaired) electrons. The van der Waals surface area contributed by atoms with Gasteiger partial charge in [-0.25, -0.2) is 4.68 Å². The lowest BCUT2D eigenvalue weighted by molar-refractivity contribution is 0.110. The zero-order valence-corrected chi connectivity index (χ0v) is 9.68. The molecule has 0 N–H and O–H groups in total. The van der Waals surface area contributed by atoms with Crippen LogP contribution in [0, 0.1) is 17.2 Å². The van der Waals surface area contributed by atoms with E-state index < -0.39 is 0 Å². The predicted molar refractivity (Wildman–Crippen MR) is 57.5 cm³/mol. The van der Waals surface area contributed by atoms with Gasteiger partial charge in [0.15, 0.2) is 0 Å². The molecule has 1 fully saturated rings. The molecule has 1 aliphatic rings. The van der Waals surface area contributed by atoms with Gasteiger partial charge in [-0.05, 0) is 25.7 Å². The van der Waals surface area contributed by atoms with Crippen molar-refractivity contribution >= 4 is 0 Å². The van der Waals surface area contributed by atoms with Crippen molar-refractivity contribution in [3.05, 3.63) is 11.4 Å². The average molecular weight is 220 g/mol. The molecule has 2 rings (SSSR count). The van der Waals surface area contributed by atoms with Crippen molar-refractivity contribution in [1.82, 2.24) is 15.0 Å². The molecule has 0 amide bonds. The lowest BCUT2D eigenvalue weighted by Gasteiger charge is -2.12. The number of hydrogen-bond donors (Lipinski definition) is 0. The van der Waals surface area contributed by atoms with Gasteiger partial charge in [0.2, 0.25) is 0 Å². The number of methoxy groups -OCH3 is 1. The number of nitrogens with zero attached hydrogens (tertiary/aromatic N) is 4. The fraction of sp³-hybridized carbons (Fsp3) is 0.727. The molecule has 1 aromatic heterocycles. The van der Waals surface area contributed by atoms with Crippen LogP contribution in [-0.4, -0.2) is 22.1 Å². The molecule has 1 saturated carbocycles. The second-order valence-corrected chi connectivity index (χ2v) is 4.26. The Morgan fingerprint density at radius 1 is 1.62 bits per heavy atom. The summed E-state index contributed by atoms with van der Waals surface area (Å²) in [7, 11) is 1.66. The average Bonchev–Trinajstić information content (AvgIpc) is 3.00. The second-order valence-electron chi connectivity index (χ2n) is 4.26. The van der Waals surface area contributed by atoms with Gasteiger partial charge in [-0.15, -0.1) is 5.10 Å². The third kappa shape index (κ3) is 2.22. The smallest absolute Gasteiger partial charge is 0.103 e. The van der Waals surface area contributed by atoms with E-state index in [1.165, 1.54) is 12.8 Å². The van der Waals surface area contributed by atoms with Crippen molar-refractivity contribution in [2.24, 2.45) is 5.92 Å². The summed E-state index contributed by atoms with van der Waals surface area (Å²) >= 11 is 0. The van der Waals surface area contributed by atoms with E-state index in [1.54, 1.807) is 7.11 Å². The van der Waals surface area contributed by atoms with Crippen LogP contribution in [0.4, 0.5) is 0 Å². The number of ether oxygens (including phenoxy) is 1. The number of nitriles is 1. The highest BCUT2D eigenvalue weighted by atomic mass is 16.5. The van der Waals surface area contributed by atoms with Gasteiger partial charge >= 0.3 is 0 Å². The van der Waals surface area contributed by atoms with E-state index in [-0.39, 0.29) is 6.10 Å². The maximum Gasteiger partial charge on any atom is 0.103 e. The Labute approximate surface area is 95.0 Å². The first-order valence-corrected chi connectivity index (χ1v) is 5.58. The standard InChI is InChI=1S/C11H16N4O/c1-8(16-2)11-10(5-6-12)13-14-15(11)7-9-3-4-9/h8-9H,3-5,7H2,1-2H3. The highest BCUT2D eigenvalue weighted by molar-refractivity contribution is 5.16. The molecular formula is C11H16N4O. The van der Waals surface area contributed by atoms with Crippen LogP contribution in [0.15, 0.2) is 0 Å². The molecule has 5 nitrogen and oxygen atoms in total. The third-order valence-electron chi connectivity index (χ3n) is 2.96. The minimum absolute atomic E-state index is 0.0582. The van der Waals surface area contributed by atoms with Gasteiger partial charge in [-0.2, -0.15) is 5.26 Å². The molecule has 16 heavy (non-hydrogen) atoms. The van der Waals surface area contributed by atoms with Crippen molar-refractivity contribution < 1.29 is 4.74 Å². The Balaban J connectivity index is 2.24. The molecule has 5 heteroatoms. The van der Waals surface area contributed by atoms with Crippen LogP contribution in [0.1, 0.15) is 37.3 Å². The van der Waals surface area contributed by atoms with Crippen LogP contribution >= 0.6 is 0 Å². The molecule has 0 aliphatic heterocycles. The second kappa shape index (κ2) is 4.62. The Kier molecular flexibility index (Phi) is 3.20. The molecule has 1 unspecified atom stereocenters. The SMILES string of the molecule is COC(C)c1c(CC#N)nnn1CC1CC1. The molecule has 1 heterocycles. The first-order chi connectivity index (χ1) is 7.76. The maximum atomic E-state index is 8.73. The lowest BCUT2D eigenvalue weighted by atomic mass is 10.2. The Hall–Kier alpha value is -1.41. The number of hydrogen-bond acceptors (Lipinski definition) is 4. The summed E-state index contributed by atoms with van der Waals surface area (Å²) in [5.41, 5.74) is 1.70. The van der Waals surface area contributed by atoms with E-state index >= 15 is 0 Å². The summed E-state index contributed by atoms with van der Waals surface area (Å²) in [6, 6.07) is 2.11. The summed E-state index contributed by atoms with van der Waals surface area (Å²) in [6.07, 6.45) is 2.79. The van der Waals surface area contributed by atoms with Gasteiger partial charge in [-0.3, -0.25) is 0 Å². The van der Waals surface area contributed by atoms with Gasteiger partial charge < -0.3 is 4.74 Å². The van der Waals surface area contributed by atoms with Gasteiger partial charge in [0.1, 0.15) is 5.69 Å². The van der Waals surface area contributed by atoms with Gasteiger partial charge in [-0.1, -0.05) is 5.21 Å². The Morgan fingerprint density at radius 3 is 2.94 bits per heavy atom. The van der Waals surface area contributed by atoms with Crippen LogP contribution in [0.3, 0.4) is 0 Å². The van der Waals surface area contributed by atoms with E-state index in [1.807, 2.05) is 11.6 Å². The highest BCUT2D eigenvalue weighted by Crippen LogP contribution is 2.32. The van der Waals surface area contributed by atoms with Crippen LogP contribution < -0.4 is 0 Å². The zero-order valence-electron chi connectivity index (χ0n) is 9.68. The molecule has 0 saturated heterocycles. The molecule has 86 valence electrons. The van der Waals surface area contributed by atoms with Crippen molar-refractivity contribution in [2.75, 3.05) is 7.11 Å². The largest absolute Gasteiger partial charge is 0.375 e. The van der Waals surface area contributed by atoms with Gasteiger partial charge in [0.05, 0.1) is 24.3 Å². The van der Waals surface area contributed by atoms with Crippen molar-refractivity contribution in [1.29, 1.82) is 5.26 Å². The van der Waals surface area contributed by atoms with Crippen molar-refractivity contribution in [3.8, 4) is 6.07 Å². The summed E-state index contributed by atoms with van der Waals surface area (Å²) in [5.74, 6) is 0.736. The zero-order chi connectivity index (χ0) is 11.5. The fourth-order valence-corrected chi connectivity index (χ4v) is 1.79. The normalized spacial score (nSPS) is 17.1. The summed E-state index contributed by atoms with van der Waals surface area (Å²) in [4.78, 5) is 0. The highest BCUT2D eigenvalue weighted by Gasteiger charge is 2.26. The van der Waals surface area contributed by atoms with Crippen LogP contribution in [-0.2, 0) is 17.7 Å². The van der Waals surface area contributed by atoms with Crippen molar-refractivity contribution in [3.63, 3.8) is 0 Å². The van der Waals surface area contributed by atoms with Crippen LogP contribution in [0.25, 0.3) is 0 Å². The van der Waals surface area contributed by atoms with E-state index in [0.29, 0.717) is 6.42 Å². The minimum atomic E-state index is -0.0582. The summed E-state index contributed by atoms with van der Waals surface area (Å²) in [5, 5.41) is 16.9. The molecule has 1 aliphatic carbocycles. The van der Waals surface area contributed by atoms with Gasteiger partial charge in [0.25, 0.3) is 0 Å². The molecule has 1 aromatic rings. The predicted octanol–water partition coefficient (Wildman–Crippen LogP) is 1.46. The number of rotatable bonds is 5. The molecule has 0 aromatic carbocycles. The third-order valence-corrected chi connectivity index (χ3v) is 2.96. The lowest BCUT2D eigenvalue weighted by Crippen LogP contribution is -2.11. The molecule has 0 spiro atoms. The van der Waals surface area contributed by atoms with Crippen molar-refractivity contribution in [2.45, 2.75) is 38.8 Å². The quantitative estimate of drug-likeness (QED) is 0.753. The van der Waals surface area contributed by atoms with E-state index in [4.69, 9.17) is 10.00 Å². The summed E-state index contributed by atoms with van der Waals surface area (Å²) < 4.78 is 7.22. The first kappa shape index (κ1) is 11.1.